The first kappa shape index (κ1) is 25.3. The third-order valence-corrected chi connectivity index (χ3v) is 4.84. The van der Waals surface area contributed by atoms with Gasteiger partial charge in [0.05, 0.1) is 37.5 Å². The average Bonchev–Trinajstić information content (AvgIpc) is 2.65. The van der Waals surface area contributed by atoms with Crippen LogP contribution >= 0.6 is 0 Å². The van der Waals surface area contributed by atoms with Gasteiger partial charge in [0.25, 0.3) is 0 Å². The first-order valence-electron chi connectivity index (χ1n) is 10.7. The van der Waals surface area contributed by atoms with Gasteiger partial charge in [0.1, 0.15) is 0 Å². The van der Waals surface area contributed by atoms with Gasteiger partial charge in [-0.1, -0.05) is 34.6 Å². The lowest BCUT2D eigenvalue weighted by atomic mass is 9.86. The summed E-state index contributed by atoms with van der Waals surface area (Å²) in [4.78, 5) is 24.0. The molecule has 29 heavy (non-hydrogen) atoms. The topological polar surface area (TPSA) is 78.3 Å². The Morgan fingerprint density at radius 2 is 1.90 bits per heavy atom. The summed E-state index contributed by atoms with van der Waals surface area (Å²) in [7, 11) is 1.77. The van der Waals surface area contributed by atoms with Gasteiger partial charge < -0.3 is 15.4 Å². The summed E-state index contributed by atoms with van der Waals surface area (Å²) in [6.45, 7) is 18.2. The van der Waals surface area contributed by atoms with Crippen molar-refractivity contribution < 1.29 is 9.53 Å². The van der Waals surface area contributed by atoms with Gasteiger partial charge in [-0.3, -0.25) is 19.7 Å². The van der Waals surface area contributed by atoms with Crippen molar-refractivity contribution in [1.82, 2.24) is 15.5 Å². The first-order chi connectivity index (χ1) is 13.7. The summed E-state index contributed by atoms with van der Waals surface area (Å²) in [6, 6.07) is 0. The molecule has 0 aromatic heterocycles. The van der Waals surface area contributed by atoms with E-state index in [1.165, 1.54) is 0 Å². The molecule has 0 aromatic carbocycles. The van der Waals surface area contributed by atoms with Crippen LogP contribution in [0.3, 0.4) is 0 Å². The lowest BCUT2D eigenvalue weighted by Crippen LogP contribution is -2.38. The largest absolute Gasteiger partial charge is 0.379 e. The molecule has 0 saturated carbocycles. The number of hydrogen-bond acceptors (Lipinski definition) is 5. The van der Waals surface area contributed by atoms with Crippen molar-refractivity contribution in [1.29, 1.82) is 0 Å². The first-order valence-corrected chi connectivity index (χ1v) is 10.7. The maximum absolute atomic E-state index is 12.7. The zero-order valence-corrected chi connectivity index (χ0v) is 19.5. The number of carbonyl (C=O) groups is 1. The number of carbonyl (C=O) groups excluding carboxylic acids is 1. The van der Waals surface area contributed by atoms with Crippen molar-refractivity contribution in [2.45, 2.75) is 48.0 Å². The van der Waals surface area contributed by atoms with Crippen molar-refractivity contribution in [2.24, 2.45) is 21.3 Å². The molecule has 0 bridgehead atoms. The van der Waals surface area contributed by atoms with Crippen LogP contribution in [0.4, 0.5) is 0 Å². The highest BCUT2D eigenvalue weighted by Crippen LogP contribution is 2.22. The lowest BCUT2D eigenvalue weighted by molar-refractivity contribution is -0.117. The van der Waals surface area contributed by atoms with Crippen molar-refractivity contribution in [3.63, 3.8) is 0 Å². The lowest BCUT2D eigenvalue weighted by Gasteiger charge is -2.26. The fourth-order valence-corrected chi connectivity index (χ4v) is 3.10. The molecule has 0 spiro atoms. The molecular formula is C22H41N5O2. The summed E-state index contributed by atoms with van der Waals surface area (Å²) < 4.78 is 5.37. The van der Waals surface area contributed by atoms with Crippen molar-refractivity contribution in [3.05, 3.63) is 11.3 Å². The van der Waals surface area contributed by atoms with Gasteiger partial charge in [-0.15, -0.1) is 0 Å². The minimum Gasteiger partial charge on any atom is -0.379 e. The number of ether oxygens (including phenoxy) is 1. The van der Waals surface area contributed by atoms with Gasteiger partial charge in [0.2, 0.25) is 5.91 Å². The van der Waals surface area contributed by atoms with E-state index >= 15 is 0 Å². The molecule has 1 fully saturated rings. The van der Waals surface area contributed by atoms with E-state index in [2.05, 4.69) is 60.1 Å². The second-order valence-corrected chi connectivity index (χ2v) is 8.89. The monoisotopic (exact) mass is 407 g/mol. The molecule has 0 aliphatic carbocycles. The number of hydrogen-bond donors (Lipinski definition) is 2. The Morgan fingerprint density at radius 1 is 1.24 bits per heavy atom. The summed E-state index contributed by atoms with van der Waals surface area (Å²) in [5.41, 5.74) is 2.02. The van der Waals surface area contributed by atoms with Crippen LogP contribution in [0.2, 0.25) is 0 Å². The van der Waals surface area contributed by atoms with Gasteiger partial charge in [-0.2, -0.15) is 0 Å². The van der Waals surface area contributed by atoms with E-state index < -0.39 is 0 Å². The van der Waals surface area contributed by atoms with Crippen LogP contribution < -0.4 is 10.6 Å². The van der Waals surface area contributed by atoms with Crippen LogP contribution in [-0.2, 0) is 9.53 Å². The van der Waals surface area contributed by atoms with Crippen LogP contribution in [0, 0.1) is 11.3 Å². The normalized spacial score (nSPS) is 17.6. The van der Waals surface area contributed by atoms with E-state index in [9.17, 15) is 4.79 Å². The molecule has 166 valence electrons. The Hall–Kier alpha value is -1.73. The molecule has 7 heteroatoms. The van der Waals surface area contributed by atoms with Crippen LogP contribution in [0.15, 0.2) is 21.3 Å². The van der Waals surface area contributed by atoms with Crippen molar-refractivity contribution >= 4 is 18.0 Å². The van der Waals surface area contributed by atoms with Gasteiger partial charge in [0, 0.05) is 44.2 Å². The van der Waals surface area contributed by atoms with Crippen LogP contribution in [0.5, 0.6) is 0 Å². The molecule has 1 saturated heterocycles. The van der Waals surface area contributed by atoms with Crippen LogP contribution in [-0.4, -0.2) is 75.8 Å². The molecule has 1 heterocycles. The minimum atomic E-state index is -0.196. The highest BCUT2D eigenvalue weighted by molar-refractivity contribution is 6.10. The summed E-state index contributed by atoms with van der Waals surface area (Å²) in [5, 5.41) is 6.26. The molecule has 1 rings (SSSR count). The fraction of sp³-hybridized carbons (Fsp3) is 0.773. The number of allylic oxidation sites excluding steroid dienone is 1. The molecule has 2 N–H and O–H groups in total. The number of nitrogens with zero attached hydrogens (tertiary/aromatic N) is 3. The molecule has 0 aromatic rings. The van der Waals surface area contributed by atoms with Gasteiger partial charge >= 0.3 is 0 Å². The Bertz CT molecular complexity index is 597. The second kappa shape index (κ2) is 12.8. The highest BCUT2D eigenvalue weighted by Gasteiger charge is 2.25. The molecule has 0 radical (unpaired) electrons. The van der Waals surface area contributed by atoms with Crippen LogP contribution in [0.1, 0.15) is 48.0 Å². The Balaban J connectivity index is 2.81. The minimum absolute atomic E-state index is 0.0692. The fourth-order valence-electron chi connectivity index (χ4n) is 3.10. The summed E-state index contributed by atoms with van der Waals surface area (Å²) in [6.07, 6.45) is 2.65. The quantitative estimate of drug-likeness (QED) is 0.331. The van der Waals surface area contributed by atoms with E-state index in [1.54, 1.807) is 13.4 Å². The van der Waals surface area contributed by atoms with E-state index in [0.29, 0.717) is 24.6 Å². The van der Waals surface area contributed by atoms with Gasteiger partial charge in [0.15, 0.2) is 0 Å². The van der Waals surface area contributed by atoms with E-state index in [4.69, 9.17) is 4.74 Å². The second-order valence-electron chi connectivity index (χ2n) is 8.89. The predicted octanol–water partition coefficient (Wildman–Crippen LogP) is 2.49. The number of morpholine rings is 1. The SMILES string of the molecule is CN=C(/C(NC=NCCN1CCOCC1)=C(\C)C(=O)NCCC(C)C)C(C)(C)C. The zero-order valence-electron chi connectivity index (χ0n) is 19.5. The maximum Gasteiger partial charge on any atom is 0.249 e. The molecule has 7 nitrogen and oxygen atoms in total. The summed E-state index contributed by atoms with van der Waals surface area (Å²) >= 11 is 0. The smallest absolute Gasteiger partial charge is 0.249 e. The number of rotatable bonds is 10. The number of nitrogens with one attached hydrogen (secondary N) is 2. The van der Waals surface area contributed by atoms with Gasteiger partial charge in [-0.05, 0) is 19.3 Å². The third-order valence-electron chi connectivity index (χ3n) is 4.84. The third kappa shape index (κ3) is 9.54. The molecule has 0 unspecified atom stereocenters. The molecular weight excluding hydrogens is 366 g/mol. The van der Waals surface area contributed by atoms with E-state index in [-0.39, 0.29) is 11.3 Å². The molecule has 1 aliphatic heterocycles. The Morgan fingerprint density at radius 3 is 2.45 bits per heavy atom. The Kier molecular flexibility index (Phi) is 11.1. The maximum atomic E-state index is 12.7. The molecule has 1 aliphatic rings. The average molecular weight is 408 g/mol. The van der Waals surface area contributed by atoms with Crippen LogP contribution in [0.25, 0.3) is 0 Å². The number of amides is 1. The number of aliphatic imine (C=N–C) groups is 2. The Labute approximate surface area is 177 Å². The highest BCUT2D eigenvalue weighted by atomic mass is 16.5. The van der Waals surface area contributed by atoms with Crippen molar-refractivity contribution in [2.75, 3.05) is 53.0 Å². The van der Waals surface area contributed by atoms with Gasteiger partial charge in [-0.25, -0.2) is 0 Å². The van der Waals surface area contributed by atoms with Crippen molar-refractivity contribution in [3.8, 4) is 0 Å². The zero-order chi connectivity index (χ0) is 21.9. The predicted molar refractivity (Wildman–Crippen MR) is 122 cm³/mol. The molecule has 0 atom stereocenters. The van der Waals surface area contributed by atoms with E-state index in [0.717, 1.165) is 50.7 Å². The summed E-state index contributed by atoms with van der Waals surface area (Å²) in [5.74, 6) is 0.485. The molecule has 1 amide bonds. The van der Waals surface area contributed by atoms with E-state index in [1.807, 2.05) is 6.92 Å². The standard InChI is InChI=1S/C22H41N5O2/c1-17(2)8-9-25-21(28)18(3)19(20(23-7)22(4,5)6)26-16-24-10-11-27-12-14-29-15-13-27/h16-17H,8-15H2,1-7H3,(H,24,26)(H,25,28)/b19-18-,23-20?.